The second-order valence-corrected chi connectivity index (χ2v) is 5.15. The van der Waals surface area contributed by atoms with Crippen molar-refractivity contribution in [2.45, 2.75) is 33.6 Å². The van der Waals surface area contributed by atoms with Crippen molar-refractivity contribution >= 4 is 11.4 Å². The van der Waals surface area contributed by atoms with E-state index in [0.29, 0.717) is 17.5 Å². The van der Waals surface area contributed by atoms with Gasteiger partial charge < -0.3 is 4.74 Å². The molecule has 1 aromatic rings. The molecule has 0 N–H and O–H groups in total. The molecule has 1 heterocycles. The van der Waals surface area contributed by atoms with Crippen LogP contribution in [-0.2, 0) is 6.42 Å². The van der Waals surface area contributed by atoms with Gasteiger partial charge in [-0.1, -0.05) is 19.9 Å². The summed E-state index contributed by atoms with van der Waals surface area (Å²) < 4.78 is 40.4. The molecular formula is C14H16F3NO. The zero-order valence-corrected chi connectivity index (χ0v) is 11.1. The highest BCUT2D eigenvalue weighted by atomic mass is 19.4. The number of aliphatic imine (C=N–C) groups is 1. The van der Waals surface area contributed by atoms with E-state index in [4.69, 9.17) is 0 Å². The molecule has 0 unspecified atom stereocenters. The van der Waals surface area contributed by atoms with Crippen molar-refractivity contribution in [3.05, 3.63) is 23.8 Å². The highest BCUT2D eigenvalue weighted by Crippen LogP contribution is 2.35. The average Bonchev–Trinajstić information content (AvgIpc) is 2.25. The number of rotatable bonds is 2. The van der Waals surface area contributed by atoms with Crippen LogP contribution < -0.4 is 4.74 Å². The van der Waals surface area contributed by atoms with E-state index in [1.165, 1.54) is 12.1 Å². The molecule has 0 amide bonds. The lowest BCUT2D eigenvalue weighted by Crippen LogP contribution is -2.23. The molecular weight excluding hydrogens is 255 g/mol. The van der Waals surface area contributed by atoms with Gasteiger partial charge in [-0.15, -0.1) is 13.2 Å². The summed E-state index contributed by atoms with van der Waals surface area (Å²) in [6.45, 7) is 6.16. The van der Waals surface area contributed by atoms with Gasteiger partial charge >= 0.3 is 6.36 Å². The van der Waals surface area contributed by atoms with Gasteiger partial charge in [0.1, 0.15) is 5.75 Å². The van der Waals surface area contributed by atoms with E-state index in [1.54, 1.807) is 6.07 Å². The third-order valence-corrected chi connectivity index (χ3v) is 3.37. The van der Waals surface area contributed by atoms with E-state index < -0.39 is 6.36 Å². The first-order chi connectivity index (χ1) is 8.76. The molecule has 1 aliphatic rings. The SMILES string of the molecule is CC1=Nc2cc(OC(F)(F)F)ccc2C[C@@H]1C(C)C. The fraction of sp³-hybridized carbons (Fsp3) is 0.500. The number of hydrogen-bond acceptors (Lipinski definition) is 2. The smallest absolute Gasteiger partial charge is 0.406 e. The van der Waals surface area contributed by atoms with Crippen LogP contribution in [0, 0.1) is 11.8 Å². The zero-order chi connectivity index (χ0) is 14.2. The second-order valence-electron chi connectivity index (χ2n) is 5.15. The predicted octanol–water partition coefficient (Wildman–Crippen LogP) is 4.51. The number of fused-ring (bicyclic) bond motifs is 1. The van der Waals surface area contributed by atoms with Crippen LogP contribution in [0.15, 0.2) is 23.2 Å². The van der Waals surface area contributed by atoms with Crippen molar-refractivity contribution in [2.24, 2.45) is 16.8 Å². The van der Waals surface area contributed by atoms with E-state index in [9.17, 15) is 13.2 Å². The van der Waals surface area contributed by atoms with Crippen molar-refractivity contribution in [3.8, 4) is 5.75 Å². The summed E-state index contributed by atoms with van der Waals surface area (Å²) >= 11 is 0. The van der Waals surface area contributed by atoms with Crippen molar-refractivity contribution < 1.29 is 17.9 Å². The molecule has 1 aromatic carbocycles. The number of ether oxygens (including phenoxy) is 1. The van der Waals surface area contributed by atoms with Crippen LogP contribution in [0.1, 0.15) is 26.3 Å². The minimum atomic E-state index is -4.66. The van der Waals surface area contributed by atoms with Crippen molar-refractivity contribution in [1.82, 2.24) is 0 Å². The molecule has 1 aliphatic heterocycles. The maximum Gasteiger partial charge on any atom is 0.573 e. The number of halogens is 3. The number of alkyl halides is 3. The Morgan fingerprint density at radius 2 is 2.00 bits per heavy atom. The quantitative estimate of drug-likeness (QED) is 0.775. The van der Waals surface area contributed by atoms with E-state index >= 15 is 0 Å². The fourth-order valence-corrected chi connectivity index (χ4v) is 2.39. The Labute approximate surface area is 110 Å². The van der Waals surface area contributed by atoms with Crippen molar-refractivity contribution in [1.29, 1.82) is 0 Å². The normalized spacial score (nSPS) is 19.1. The average molecular weight is 271 g/mol. The summed E-state index contributed by atoms with van der Waals surface area (Å²) in [5.41, 5.74) is 2.52. The molecule has 104 valence electrons. The van der Waals surface area contributed by atoms with Crippen LogP contribution >= 0.6 is 0 Å². The fourth-order valence-electron chi connectivity index (χ4n) is 2.39. The Bertz CT molecular complexity index is 506. The molecule has 0 saturated heterocycles. The van der Waals surface area contributed by atoms with Gasteiger partial charge in [-0.2, -0.15) is 0 Å². The van der Waals surface area contributed by atoms with Gasteiger partial charge in [-0.05, 0) is 30.9 Å². The Morgan fingerprint density at radius 1 is 1.32 bits per heavy atom. The summed E-state index contributed by atoms with van der Waals surface area (Å²) in [6.07, 6.45) is -3.85. The Hall–Kier alpha value is -1.52. The van der Waals surface area contributed by atoms with E-state index in [2.05, 4.69) is 23.6 Å². The molecule has 19 heavy (non-hydrogen) atoms. The van der Waals surface area contributed by atoms with Gasteiger partial charge in [-0.3, -0.25) is 4.99 Å². The standard InChI is InChI=1S/C14H16F3NO/c1-8(2)12-6-10-4-5-11(19-14(15,16)17)7-13(10)18-9(12)3/h4-5,7-8,12H,6H2,1-3H3/t12-/m1/s1. The van der Waals surface area contributed by atoms with Gasteiger partial charge in [0.2, 0.25) is 0 Å². The Kier molecular flexibility index (Phi) is 3.56. The van der Waals surface area contributed by atoms with Gasteiger partial charge in [0, 0.05) is 17.7 Å². The molecule has 0 spiro atoms. The number of benzene rings is 1. The second kappa shape index (κ2) is 4.87. The maximum absolute atomic E-state index is 12.2. The third-order valence-electron chi connectivity index (χ3n) is 3.37. The van der Waals surface area contributed by atoms with Crippen LogP contribution in [-0.4, -0.2) is 12.1 Å². The Balaban J connectivity index is 2.29. The molecule has 0 aliphatic carbocycles. The lowest BCUT2D eigenvalue weighted by atomic mass is 9.83. The molecule has 5 heteroatoms. The third kappa shape index (κ3) is 3.28. The van der Waals surface area contributed by atoms with Crippen molar-refractivity contribution in [3.63, 3.8) is 0 Å². The first-order valence-corrected chi connectivity index (χ1v) is 6.20. The lowest BCUT2D eigenvalue weighted by molar-refractivity contribution is -0.274. The molecule has 0 aromatic heterocycles. The summed E-state index contributed by atoms with van der Waals surface area (Å²) in [6, 6.07) is 4.37. The highest BCUT2D eigenvalue weighted by Gasteiger charge is 2.31. The first kappa shape index (κ1) is 13.9. The molecule has 0 fully saturated rings. The topological polar surface area (TPSA) is 21.6 Å². The molecule has 1 atom stereocenters. The van der Waals surface area contributed by atoms with Crippen LogP contribution in [0.3, 0.4) is 0 Å². The number of nitrogens with zero attached hydrogens (tertiary/aromatic N) is 1. The lowest BCUT2D eigenvalue weighted by Gasteiger charge is -2.26. The molecule has 2 rings (SSSR count). The minimum absolute atomic E-state index is 0.217. The summed E-state index contributed by atoms with van der Waals surface area (Å²) in [4.78, 5) is 4.41. The van der Waals surface area contributed by atoms with E-state index in [0.717, 1.165) is 17.7 Å². The van der Waals surface area contributed by atoms with E-state index in [-0.39, 0.29) is 5.75 Å². The van der Waals surface area contributed by atoms with Gasteiger partial charge in [-0.25, -0.2) is 0 Å². The molecule has 0 radical (unpaired) electrons. The highest BCUT2D eigenvalue weighted by molar-refractivity contribution is 5.89. The van der Waals surface area contributed by atoms with E-state index in [1.807, 2.05) is 6.92 Å². The summed E-state index contributed by atoms with van der Waals surface area (Å²) in [7, 11) is 0. The first-order valence-electron chi connectivity index (χ1n) is 6.20. The van der Waals surface area contributed by atoms with Crippen LogP contribution in [0.4, 0.5) is 18.9 Å². The van der Waals surface area contributed by atoms with Gasteiger partial charge in [0.25, 0.3) is 0 Å². The van der Waals surface area contributed by atoms with Gasteiger partial charge in [0.15, 0.2) is 0 Å². The van der Waals surface area contributed by atoms with Crippen molar-refractivity contribution in [2.75, 3.05) is 0 Å². The van der Waals surface area contributed by atoms with Gasteiger partial charge in [0.05, 0.1) is 5.69 Å². The zero-order valence-electron chi connectivity index (χ0n) is 11.1. The molecule has 2 nitrogen and oxygen atoms in total. The minimum Gasteiger partial charge on any atom is -0.406 e. The van der Waals surface area contributed by atoms with Crippen LogP contribution in [0.5, 0.6) is 5.75 Å². The van der Waals surface area contributed by atoms with Crippen LogP contribution in [0.25, 0.3) is 0 Å². The summed E-state index contributed by atoms with van der Waals surface area (Å²) in [5, 5.41) is 0. The summed E-state index contributed by atoms with van der Waals surface area (Å²) in [5.74, 6) is 0.593. The number of hydrogen-bond donors (Lipinski definition) is 0. The molecule has 0 saturated carbocycles. The molecule has 0 bridgehead atoms. The monoisotopic (exact) mass is 271 g/mol. The Morgan fingerprint density at radius 3 is 2.58 bits per heavy atom. The maximum atomic E-state index is 12.2. The predicted molar refractivity (Wildman–Crippen MR) is 67.9 cm³/mol. The van der Waals surface area contributed by atoms with Crippen LogP contribution in [0.2, 0.25) is 0 Å². The largest absolute Gasteiger partial charge is 0.573 e.